The quantitative estimate of drug-likeness (QED) is 0.650. The molecule has 1 amide bonds. The van der Waals surface area contributed by atoms with E-state index in [9.17, 15) is 4.79 Å². The minimum Gasteiger partial charge on any atom is -0.356 e. The maximum absolute atomic E-state index is 12.6. The number of piperidine rings is 1. The van der Waals surface area contributed by atoms with Crippen molar-refractivity contribution in [2.45, 2.75) is 53.0 Å². The lowest BCUT2D eigenvalue weighted by Crippen LogP contribution is -2.40. The number of amides is 1. The first kappa shape index (κ1) is 20.2. The van der Waals surface area contributed by atoms with E-state index >= 15 is 0 Å². The molecule has 0 saturated carbocycles. The lowest BCUT2D eigenvalue weighted by Gasteiger charge is -2.32. The maximum atomic E-state index is 12.6. The first-order chi connectivity index (χ1) is 13.9. The van der Waals surface area contributed by atoms with Gasteiger partial charge in [-0.2, -0.15) is 0 Å². The van der Waals surface area contributed by atoms with E-state index < -0.39 is 0 Å². The van der Waals surface area contributed by atoms with Crippen LogP contribution >= 0.6 is 22.7 Å². The highest BCUT2D eigenvalue weighted by Gasteiger charge is 2.27. The number of carbonyl (C=O) groups excluding carboxylic acids is 1. The third-order valence-corrected chi connectivity index (χ3v) is 7.93. The van der Waals surface area contributed by atoms with Crippen molar-refractivity contribution in [1.82, 2.24) is 20.3 Å². The van der Waals surface area contributed by atoms with Crippen molar-refractivity contribution >= 4 is 44.6 Å². The number of hydrogen-bond donors (Lipinski definition) is 1. The van der Waals surface area contributed by atoms with E-state index in [1.807, 2.05) is 5.38 Å². The van der Waals surface area contributed by atoms with Gasteiger partial charge in [-0.1, -0.05) is 13.8 Å². The van der Waals surface area contributed by atoms with Crippen LogP contribution in [0.3, 0.4) is 0 Å². The molecule has 0 radical (unpaired) electrons. The molecule has 1 aliphatic heterocycles. The highest BCUT2D eigenvalue weighted by Crippen LogP contribution is 2.35. The van der Waals surface area contributed by atoms with E-state index in [1.165, 1.54) is 15.8 Å². The van der Waals surface area contributed by atoms with Gasteiger partial charge in [0.05, 0.1) is 22.6 Å². The monoisotopic (exact) mass is 429 g/mol. The molecule has 1 saturated heterocycles. The molecule has 0 aliphatic carbocycles. The Labute approximate surface area is 179 Å². The Bertz CT molecular complexity index is 1020. The number of fused-ring (bicyclic) bond motifs is 1. The van der Waals surface area contributed by atoms with Gasteiger partial charge in [-0.25, -0.2) is 15.0 Å². The molecule has 4 heterocycles. The second-order valence-electron chi connectivity index (χ2n) is 7.97. The molecular weight excluding hydrogens is 402 g/mol. The van der Waals surface area contributed by atoms with Crippen molar-refractivity contribution in [3.8, 4) is 0 Å². The van der Waals surface area contributed by atoms with Gasteiger partial charge in [0.2, 0.25) is 5.91 Å². The Morgan fingerprint density at radius 1 is 1.28 bits per heavy atom. The zero-order valence-electron chi connectivity index (χ0n) is 17.4. The lowest BCUT2D eigenvalue weighted by molar-refractivity contribution is -0.125. The number of anilines is 1. The summed E-state index contributed by atoms with van der Waals surface area (Å²) in [5, 5.41) is 7.42. The highest BCUT2D eigenvalue weighted by atomic mass is 32.1. The molecule has 0 atom stereocenters. The summed E-state index contributed by atoms with van der Waals surface area (Å²) in [6.07, 6.45) is 3.34. The molecule has 0 unspecified atom stereocenters. The number of hydrogen-bond acceptors (Lipinski definition) is 7. The predicted molar refractivity (Wildman–Crippen MR) is 120 cm³/mol. The van der Waals surface area contributed by atoms with E-state index in [2.05, 4.69) is 52.9 Å². The summed E-state index contributed by atoms with van der Waals surface area (Å²) in [5.41, 5.74) is 2.22. The number of aromatic nitrogens is 3. The zero-order chi connectivity index (χ0) is 20.5. The number of aryl methyl sites for hydroxylation is 2. The summed E-state index contributed by atoms with van der Waals surface area (Å²) in [5.74, 6) is 1.63. The molecule has 3 aromatic heterocycles. The lowest BCUT2D eigenvalue weighted by atomic mass is 9.95. The Hall–Kier alpha value is -2.06. The third-order valence-electron chi connectivity index (χ3n) is 5.62. The number of thiazole rings is 1. The van der Waals surface area contributed by atoms with Crippen LogP contribution in [0.4, 0.5) is 5.82 Å². The standard InChI is InChI=1S/C21H27N5OS2/c1-12(2)20-25-16(10-28-20)9-22-19(27)15-5-7-26(8-6-15)18-17-13(3)14(4)29-21(17)24-11-23-18/h10-12,15H,5-9H2,1-4H3,(H,22,27). The minimum atomic E-state index is 0.0529. The van der Waals surface area contributed by atoms with Gasteiger partial charge in [-0.05, 0) is 32.3 Å². The van der Waals surface area contributed by atoms with Gasteiger partial charge in [-0.3, -0.25) is 4.79 Å². The summed E-state index contributed by atoms with van der Waals surface area (Å²) >= 11 is 3.39. The third kappa shape index (κ3) is 4.14. The minimum absolute atomic E-state index is 0.0529. The van der Waals surface area contributed by atoms with E-state index in [0.717, 1.165) is 47.3 Å². The molecule has 0 aromatic carbocycles. The Morgan fingerprint density at radius 3 is 2.72 bits per heavy atom. The second-order valence-corrected chi connectivity index (χ2v) is 10.1. The number of nitrogens with zero attached hydrogens (tertiary/aromatic N) is 4. The van der Waals surface area contributed by atoms with Gasteiger partial charge in [0.15, 0.2) is 0 Å². The fourth-order valence-electron chi connectivity index (χ4n) is 3.75. The van der Waals surface area contributed by atoms with Crippen LogP contribution in [0.15, 0.2) is 11.7 Å². The normalized spacial score (nSPS) is 15.4. The van der Waals surface area contributed by atoms with Crippen molar-refractivity contribution in [3.05, 3.63) is 32.8 Å². The van der Waals surface area contributed by atoms with E-state index in [0.29, 0.717) is 12.5 Å². The van der Waals surface area contributed by atoms with Crippen molar-refractivity contribution in [2.24, 2.45) is 5.92 Å². The number of carbonyl (C=O) groups is 1. The van der Waals surface area contributed by atoms with Gasteiger partial charge < -0.3 is 10.2 Å². The molecule has 6 nitrogen and oxygen atoms in total. The molecule has 0 spiro atoms. The Morgan fingerprint density at radius 2 is 2.03 bits per heavy atom. The van der Waals surface area contributed by atoms with Gasteiger partial charge in [0.1, 0.15) is 17.0 Å². The topological polar surface area (TPSA) is 71.0 Å². The van der Waals surface area contributed by atoms with Crippen LogP contribution in [-0.2, 0) is 11.3 Å². The van der Waals surface area contributed by atoms with Crippen molar-refractivity contribution in [2.75, 3.05) is 18.0 Å². The van der Waals surface area contributed by atoms with Gasteiger partial charge >= 0.3 is 0 Å². The summed E-state index contributed by atoms with van der Waals surface area (Å²) in [4.78, 5) is 30.9. The second kappa shape index (κ2) is 8.36. The first-order valence-corrected chi connectivity index (χ1v) is 11.8. The Kier molecular flexibility index (Phi) is 5.83. The molecule has 154 valence electrons. The zero-order valence-corrected chi connectivity index (χ0v) is 19.0. The fourth-order valence-corrected chi connectivity index (χ4v) is 5.57. The molecule has 3 aromatic rings. The molecule has 0 bridgehead atoms. The number of rotatable bonds is 5. The number of thiophene rings is 1. The van der Waals surface area contributed by atoms with Crippen LogP contribution in [0.1, 0.15) is 53.7 Å². The summed E-state index contributed by atoms with van der Waals surface area (Å²) < 4.78 is 0. The molecule has 1 aliphatic rings. The van der Waals surface area contributed by atoms with Crippen LogP contribution in [0.25, 0.3) is 10.2 Å². The average Bonchev–Trinajstić information content (AvgIpc) is 3.31. The average molecular weight is 430 g/mol. The van der Waals surface area contributed by atoms with Crippen molar-refractivity contribution in [3.63, 3.8) is 0 Å². The summed E-state index contributed by atoms with van der Waals surface area (Å²) in [7, 11) is 0. The predicted octanol–water partition coefficient (Wildman–Crippen LogP) is 4.42. The summed E-state index contributed by atoms with van der Waals surface area (Å²) in [6.45, 7) is 10.7. The largest absolute Gasteiger partial charge is 0.356 e. The van der Waals surface area contributed by atoms with Crippen LogP contribution in [-0.4, -0.2) is 33.9 Å². The maximum Gasteiger partial charge on any atom is 0.223 e. The van der Waals surface area contributed by atoms with Gasteiger partial charge in [-0.15, -0.1) is 22.7 Å². The number of nitrogens with one attached hydrogen (secondary N) is 1. The van der Waals surface area contributed by atoms with Crippen molar-refractivity contribution < 1.29 is 4.79 Å². The molecule has 8 heteroatoms. The first-order valence-electron chi connectivity index (χ1n) is 10.1. The van der Waals surface area contributed by atoms with E-state index in [-0.39, 0.29) is 11.8 Å². The summed E-state index contributed by atoms with van der Waals surface area (Å²) in [6, 6.07) is 0. The smallest absolute Gasteiger partial charge is 0.223 e. The molecular formula is C21H27N5OS2. The van der Waals surface area contributed by atoms with Gasteiger partial charge in [0.25, 0.3) is 0 Å². The van der Waals surface area contributed by atoms with Gasteiger partial charge in [0, 0.05) is 35.2 Å². The molecule has 1 N–H and O–H groups in total. The highest BCUT2D eigenvalue weighted by molar-refractivity contribution is 7.18. The van der Waals surface area contributed by atoms with Crippen molar-refractivity contribution in [1.29, 1.82) is 0 Å². The van der Waals surface area contributed by atoms with Crippen LogP contribution < -0.4 is 10.2 Å². The fraction of sp³-hybridized carbons (Fsp3) is 0.524. The molecule has 29 heavy (non-hydrogen) atoms. The van der Waals surface area contributed by atoms with E-state index in [4.69, 9.17) is 0 Å². The Balaban J connectivity index is 1.36. The molecule has 4 rings (SSSR count). The van der Waals surface area contributed by atoms with Crippen LogP contribution in [0.5, 0.6) is 0 Å². The van der Waals surface area contributed by atoms with E-state index in [1.54, 1.807) is 29.0 Å². The van der Waals surface area contributed by atoms with Crippen LogP contribution in [0.2, 0.25) is 0 Å². The SMILES string of the molecule is Cc1sc2ncnc(N3CCC(C(=O)NCc4csc(C(C)C)n4)CC3)c2c1C. The molecule has 1 fully saturated rings. The van der Waals surface area contributed by atoms with Crippen LogP contribution in [0, 0.1) is 19.8 Å².